The minimum absolute atomic E-state index is 0.105. The fourth-order valence-electron chi connectivity index (χ4n) is 2.70. The third-order valence-electron chi connectivity index (χ3n) is 4.17. The lowest BCUT2D eigenvalue weighted by atomic mass is 10.1. The van der Waals surface area contributed by atoms with Crippen LogP contribution in [0.25, 0.3) is 22.2 Å². The summed E-state index contributed by atoms with van der Waals surface area (Å²) in [6, 6.07) is 5.87. The summed E-state index contributed by atoms with van der Waals surface area (Å²) < 4.78 is 7.23. The molecule has 1 aromatic carbocycles. The zero-order valence-corrected chi connectivity index (χ0v) is 15.2. The van der Waals surface area contributed by atoms with Crippen molar-refractivity contribution < 1.29 is 9.21 Å². The van der Waals surface area contributed by atoms with Gasteiger partial charge in [0.1, 0.15) is 6.26 Å². The van der Waals surface area contributed by atoms with E-state index in [2.05, 4.69) is 25.3 Å². The predicted molar refractivity (Wildman–Crippen MR) is 100 cm³/mol. The SMILES string of the molecule is CC(C)c1nc(C(=O)Nc2ncc3ccc(-c4cncn4C)cc3n2)co1. The number of aryl methyl sites for hydroxylation is 1. The van der Waals surface area contributed by atoms with Crippen LogP contribution in [0.3, 0.4) is 0 Å². The molecule has 0 bridgehead atoms. The van der Waals surface area contributed by atoms with Crippen molar-refractivity contribution in [2.24, 2.45) is 7.05 Å². The smallest absolute Gasteiger partial charge is 0.279 e. The van der Waals surface area contributed by atoms with Crippen molar-refractivity contribution in [1.29, 1.82) is 0 Å². The highest BCUT2D eigenvalue weighted by Gasteiger charge is 2.15. The van der Waals surface area contributed by atoms with Gasteiger partial charge in [-0.1, -0.05) is 26.0 Å². The summed E-state index contributed by atoms with van der Waals surface area (Å²) in [6.45, 7) is 3.89. The van der Waals surface area contributed by atoms with Crippen molar-refractivity contribution in [3.05, 3.63) is 54.8 Å². The molecule has 0 fully saturated rings. The molecule has 3 heterocycles. The second kappa shape index (κ2) is 6.64. The molecule has 0 saturated carbocycles. The molecule has 136 valence electrons. The minimum Gasteiger partial charge on any atom is -0.448 e. The number of anilines is 1. The number of hydrogen-bond donors (Lipinski definition) is 1. The van der Waals surface area contributed by atoms with E-state index in [1.807, 2.05) is 43.7 Å². The fraction of sp³-hybridized carbons (Fsp3) is 0.211. The van der Waals surface area contributed by atoms with Crippen LogP contribution in [0.1, 0.15) is 36.1 Å². The van der Waals surface area contributed by atoms with Crippen molar-refractivity contribution >= 4 is 22.8 Å². The number of fused-ring (bicyclic) bond motifs is 1. The highest BCUT2D eigenvalue weighted by Crippen LogP contribution is 2.23. The molecule has 0 saturated heterocycles. The van der Waals surface area contributed by atoms with E-state index in [0.717, 1.165) is 22.2 Å². The van der Waals surface area contributed by atoms with E-state index in [-0.39, 0.29) is 17.6 Å². The van der Waals surface area contributed by atoms with Crippen LogP contribution >= 0.6 is 0 Å². The van der Waals surface area contributed by atoms with Gasteiger partial charge in [-0.15, -0.1) is 0 Å². The van der Waals surface area contributed by atoms with Gasteiger partial charge in [0.05, 0.1) is 23.7 Å². The summed E-state index contributed by atoms with van der Waals surface area (Å²) in [4.78, 5) is 29.3. The largest absolute Gasteiger partial charge is 0.448 e. The lowest BCUT2D eigenvalue weighted by Crippen LogP contribution is -2.14. The first-order valence-electron chi connectivity index (χ1n) is 8.51. The average molecular weight is 362 g/mol. The third-order valence-corrected chi connectivity index (χ3v) is 4.17. The van der Waals surface area contributed by atoms with Gasteiger partial charge in [-0.3, -0.25) is 10.1 Å². The van der Waals surface area contributed by atoms with Gasteiger partial charge >= 0.3 is 0 Å². The highest BCUT2D eigenvalue weighted by atomic mass is 16.3. The molecule has 0 radical (unpaired) electrons. The molecule has 0 atom stereocenters. The molecular formula is C19H18N6O2. The Morgan fingerprint density at radius 3 is 2.78 bits per heavy atom. The van der Waals surface area contributed by atoms with Gasteiger partial charge in [-0.25, -0.2) is 19.9 Å². The molecule has 4 aromatic rings. The molecule has 8 nitrogen and oxygen atoms in total. The summed E-state index contributed by atoms with van der Waals surface area (Å²) >= 11 is 0. The van der Waals surface area contributed by atoms with Crippen LogP contribution in [0.5, 0.6) is 0 Å². The number of benzene rings is 1. The molecule has 0 unspecified atom stereocenters. The second-order valence-corrected chi connectivity index (χ2v) is 6.54. The van der Waals surface area contributed by atoms with E-state index in [1.54, 1.807) is 18.7 Å². The molecular weight excluding hydrogens is 344 g/mol. The molecule has 27 heavy (non-hydrogen) atoms. The average Bonchev–Trinajstić information content (AvgIpc) is 3.30. The second-order valence-electron chi connectivity index (χ2n) is 6.54. The summed E-state index contributed by atoms with van der Waals surface area (Å²) in [5, 5.41) is 3.54. The van der Waals surface area contributed by atoms with Crippen molar-refractivity contribution in [2.45, 2.75) is 19.8 Å². The maximum absolute atomic E-state index is 12.4. The summed E-state index contributed by atoms with van der Waals surface area (Å²) in [5.74, 6) is 0.422. The first-order valence-corrected chi connectivity index (χ1v) is 8.51. The Morgan fingerprint density at radius 1 is 1.22 bits per heavy atom. The Kier molecular flexibility index (Phi) is 4.15. The van der Waals surface area contributed by atoms with E-state index in [4.69, 9.17) is 4.42 Å². The normalized spacial score (nSPS) is 11.3. The Bertz CT molecular complexity index is 1130. The Hall–Kier alpha value is -3.55. The van der Waals surface area contributed by atoms with Crippen molar-refractivity contribution in [3.8, 4) is 11.3 Å². The van der Waals surface area contributed by atoms with Crippen molar-refractivity contribution in [1.82, 2.24) is 24.5 Å². The molecule has 1 N–H and O–H groups in total. The quantitative estimate of drug-likeness (QED) is 0.597. The summed E-state index contributed by atoms with van der Waals surface area (Å²) in [5.41, 5.74) is 2.88. The van der Waals surface area contributed by atoms with Crippen LogP contribution in [0.4, 0.5) is 5.95 Å². The topological polar surface area (TPSA) is 98.7 Å². The van der Waals surface area contributed by atoms with Gasteiger partial charge < -0.3 is 8.98 Å². The van der Waals surface area contributed by atoms with Gasteiger partial charge in [0.15, 0.2) is 11.6 Å². The first kappa shape index (κ1) is 16.9. The molecule has 0 aliphatic rings. The number of amides is 1. The van der Waals surface area contributed by atoms with Crippen LogP contribution in [-0.2, 0) is 7.05 Å². The van der Waals surface area contributed by atoms with Gasteiger partial charge in [-0.05, 0) is 6.07 Å². The van der Waals surface area contributed by atoms with Crippen LogP contribution in [0.2, 0.25) is 0 Å². The number of nitrogens with one attached hydrogen (secondary N) is 1. The lowest BCUT2D eigenvalue weighted by molar-refractivity contribution is 0.102. The third kappa shape index (κ3) is 3.29. The number of aromatic nitrogens is 5. The first-order chi connectivity index (χ1) is 13.0. The molecule has 4 rings (SSSR count). The minimum atomic E-state index is -0.409. The zero-order chi connectivity index (χ0) is 19.0. The molecule has 0 aliphatic heterocycles. The monoisotopic (exact) mass is 362 g/mol. The Balaban J connectivity index is 1.62. The molecule has 8 heteroatoms. The number of carbonyl (C=O) groups excluding carboxylic acids is 1. The van der Waals surface area contributed by atoms with Gasteiger partial charge in [0, 0.05) is 30.1 Å². The number of nitrogens with zero attached hydrogens (tertiary/aromatic N) is 5. The lowest BCUT2D eigenvalue weighted by Gasteiger charge is -2.06. The maximum atomic E-state index is 12.4. The van der Waals surface area contributed by atoms with Gasteiger partial charge in [0.2, 0.25) is 5.95 Å². The van der Waals surface area contributed by atoms with Crippen LogP contribution in [-0.4, -0.2) is 30.4 Å². The number of hydrogen-bond acceptors (Lipinski definition) is 6. The number of oxazole rings is 1. The van der Waals surface area contributed by atoms with Crippen LogP contribution in [0, 0.1) is 0 Å². The fourth-order valence-corrected chi connectivity index (χ4v) is 2.70. The molecule has 3 aromatic heterocycles. The van der Waals surface area contributed by atoms with Gasteiger partial charge in [-0.2, -0.15) is 0 Å². The van der Waals surface area contributed by atoms with Crippen LogP contribution in [0.15, 0.2) is 47.6 Å². The highest BCUT2D eigenvalue weighted by molar-refractivity contribution is 6.02. The maximum Gasteiger partial charge on any atom is 0.279 e. The summed E-state index contributed by atoms with van der Waals surface area (Å²) in [6.07, 6.45) is 6.55. The van der Waals surface area contributed by atoms with Gasteiger partial charge in [0.25, 0.3) is 5.91 Å². The number of carbonyl (C=O) groups is 1. The van der Waals surface area contributed by atoms with Crippen molar-refractivity contribution in [3.63, 3.8) is 0 Å². The van der Waals surface area contributed by atoms with E-state index < -0.39 is 5.91 Å². The van der Waals surface area contributed by atoms with E-state index in [0.29, 0.717) is 5.89 Å². The Morgan fingerprint density at radius 2 is 2.07 bits per heavy atom. The molecule has 0 aliphatic carbocycles. The zero-order valence-electron chi connectivity index (χ0n) is 15.2. The predicted octanol–water partition coefficient (Wildman–Crippen LogP) is 3.39. The van der Waals surface area contributed by atoms with E-state index in [1.165, 1.54) is 6.26 Å². The van der Waals surface area contributed by atoms with E-state index >= 15 is 0 Å². The number of rotatable bonds is 4. The molecule has 1 amide bonds. The van der Waals surface area contributed by atoms with Crippen molar-refractivity contribution in [2.75, 3.05) is 5.32 Å². The standard InChI is InChI=1S/C19H18N6O2/c1-11(2)18-22-15(9-27-18)17(26)24-19-21-7-13-5-4-12(6-14(13)23-19)16-8-20-10-25(16)3/h4-11H,1-3H3,(H,21,23,24,26). The molecule has 0 spiro atoms. The summed E-state index contributed by atoms with van der Waals surface area (Å²) in [7, 11) is 1.93. The van der Waals surface area contributed by atoms with E-state index in [9.17, 15) is 4.79 Å². The van der Waals surface area contributed by atoms with Crippen LogP contribution < -0.4 is 5.32 Å². The number of imidazole rings is 1. The Labute approximate surface area is 155 Å².